The Morgan fingerprint density at radius 2 is 1.90 bits per heavy atom. The minimum atomic E-state index is -0.962. The van der Waals surface area contributed by atoms with Crippen LogP contribution >= 0.6 is 11.3 Å². The Hall–Kier alpha value is -4.11. The lowest BCUT2D eigenvalue weighted by Crippen LogP contribution is -2.31. The molecule has 2 aromatic heterocycles. The summed E-state index contributed by atoms with van der Waals surface area (Å²) in [4.78, 5) is 33.4. The predicted octanol–water partition coefficient (Wildman–Crippen LogP) is 7.11. The van der Waals surface area contributed by atoms with E-state index < -0.39 is 23.5 Å². The van der Waals surface area contributed by atoms with E-state index in [-0.39, 0.29) is 11.3 Å². The fourth-order valence-electron chi connectivity index (χ4n) is 4.65. The molecule has 9 heteroatoms. The van der Waals surface area contributed by atoms with E-state index in [1.54, 1.807) is 37.3 Å². The summed E-state index contributed by atoms with van der Waals surface area (Å²) in [6.45, 7) is 10.8. The third-order valence-corrected chi connectivity index (χ3v) is 7.71. The van der Waals surface area contributed by atoms with Gasteiger partial charge in [0.15, 0.2) is 28.1 Å². The highest BCUT2D eigenvalue weighted by molar-refractivity contribution is 7.22. The van der Waals surface area contributed by atoms with Gasteiger partial charge in [0.25, 0.3) is 5.91 Å². The molecule has 5 rings (SSSR count). The van der Waals surface area contributed by atoms with Gasteiger partial charge in [-0.3, -0.25) is 14.5 Å². The van der Waals surface area contributed by atoms with Gasteiger partial charge in [-0.25, -0.2) is 4.98 Å². The SMILES string of the molecule is CCOc1cc(C2C(C(=O)c3ccc(C)o3)=C(O)C(=O)N2c2nc3ccc(C)cc3s2)ccc1OCCC(C)C. The van der Waals surface area contributed by atoms with Crippen molar-refractivity contribution < 1.29 is 28.6 Å². The second kappa shape index (κ2) is 11.2. The number of aliphatic hydroxyl groups is 1. The van der Waals surface area contributed by atoms with Crippen LogP contribution in [-0.4, -0.2) is 35.0 Å². The van der Waals surface area contributed by atoms with E-state index in [2.05, 4.69) is 13.8 Å². The van der Waals surface area contributed by atoms with Crippen molar-refractivity contribution in [3.05, 3.63) is 82.5 Å². The van der Waals surface area contributed by atoms with E-state index in [0.29, 0.717) is 47.1 Å². The molecule has 1 unspecified atom stereocenters. The maximum Gasteiger partial charge on any atom is 0.296 e. The molecule has 0 fully saturated rings. The van der Waals surface area contributed by atoms with Crippen LogP contribution in [0.1, 0.15) is 60.7 Å². The number of anilines is 1. The molecular formula is C31H32N2O6S. The van der Waals surface area contributed by atoms with Crippen molar-refractivity contribution in [2.45, 2.75) is 47.1 Å². The number of aromatic nitrogens is 1. The summed E-state index contributed by atoms with van der Waals surface area (Å²) in [6.07, 6.45) is 0.882. The molecule has 208 valence electrons. The quantitative estimate of drug-likeness (QED) is 0.206. The van der Waals surface area contributed by atoms with Crippen molar-refractivity contribution in [1.82, 2.24) is 4.98 Å². The molecule has 0 radical (unpaired) electrons. The third kappa shape index (κ3) is 5.21. The lowest BCUT2D eigenvalue weighted by Gasteiger charge is -2.25. The topological polar surface area (TPSA) is 102 Å². The number of furan rings is 1. The number of aliphatic hydroxyl groups excluding tert-OH is 1. The third-order valence-electron chi connectivity index (χ3n) is 6.69. The molecule has 2 aromatic carbocycles. The summed E-state index contributed by atoms with van der Waals surface area (Å²) >= 11 is 1.32. The minimum Gasteiger partial charge on any atom is -0.503 e. The minimum absolute atomic E-state index is 0.0392. The Morgan fingerprint density at radius 3 is 2.60 bits per heavy atom. The number of nitrogens with zero attached hydrogens (tertiary/aromatic N) is 2. The lowest BCUT2D eigenvalue weighted by molar-refractivity contribution is -0.117. The van der Waals surface area contributed by atoms with E-state index in [1.165, 1.54) is 16.2 Å². The molecule has 0 saturated heterocycles. The monoisotopic (exact) mass is 560 g/mol. The first kappa shape index (κ1) is 27.5. The standard InChI is InChI=1S/C31H32N2O6S/c1-6-37-24-16-20(9-12-22(24)38-14-13-17(2)3)27-26(28(34)23-11-8-19(5)39-23)29(35)30(36)33(27)31-32-21-10-7-18(4)15-25(21)40-31/h7-12,15-17,27,35H,6,13-14H2,1-5H3. The van der Waals surface area contributed by atoms with Gasteiger partial charge in [0.2, 0.25) is 5.78 Å². The molecule has 1 aliphatic heterocycles. The Kier molecular flexibility index (Phi) is 7.67. The number of aryl methyl sites for hydroxylation is 2. The number of rotatable bonds is 10. The van der Waals surface area contributed by atoms with Crippen LogP contribution in [0.5, 0.6) is 11.5 Å². The zero-order chi connectivity index (χ0) is 28.6. The molecule has 1 aliphatic rings. The molecule has 0 spiro atoms. The van der Waals surface area contributed by atoms with E-state index >= 15 is 0 Å². The average Bonchev–Trinajstić information content (AvgIpc) is 3.60. The molecule has 4 aromatic rings. The average molecular weight is 561 g/mol. The second-order valence-corrected chi connectivity index (χ2v) is 11.2. The van der Waals surface area contributed by atoms with Crippen LogP contribution in [0.25, 0.3) is 10.2 Å². The number of Topliss-reactive ketones (excluding diaryl/α,β-unsaturated/α-hetero) is 1. The van der Waals surface area contributed by atoms with Crippen LogP contribution in [-0.2, 0) is 4.79 Å². The second-order valence-electron chi connectivity index (χ2n) is 10.2. The molecule has 3 heterocycles. The summed E-state index contributed by atoms with van der Waals surface area (Å²) in [7, 11) is 0. The van der Waals surface area contributed by atoms with Gasteiger partial charge in [-0.2, -0.15) is 0 Å². The van der Waals surface area contributed by atoms with Gasteiger partial charge in [0.1, 0.15) is 5.76 Å². The number of amides is 1. The van der Waals surface area contributed by atoms with Crippen LogP contribution in [0.3, 0.4) is 0 Å². The fraction of sp³-hybridized carbons (Fsp3) is 0.323. The van der Waals surface area contributed by atoms with E-state index in [4.69, 9.17) is 18.9 Å². The molecule has 8 nitrogen and oxygen atoms in total. The summed E-state index contributed by atoms with van der Waals surface area (Å²) in [5.74, 6) is 0.221. The van der Waals surface area contributed by atoms with Crippen LogP contribution < -0.4 is 14.4 Å². The van der Waals surface area contributed by atoms with Crippen molar-refractivity contribution >= 4 is 38.4 Å². The van der Waals surface area contributed by atoms with Crippen LogP contribution in [0.15, 0.2) is 64.3 Å². The summed E-state index contributed by atoms with van der Waals surface area (Å²) in [5, 5.41) is 11.5. The molecule has 40 heavy (non-hydrogen) atoms. The van der Waals surface area contributed by atoms with Crippen molar-refractivity contribution in [3.8, 4) is 11.5 Å². The highest BCUT2D eigenvalue weighted by atomic mass is 32.1. The summed E-state index contributed by atoms with van der Waals surface area (Å²) in [5.41, 5.74) is 2.28. The number of hydrogen-bond acceptors (Lipinski definition) is 8. The maximum atomic E-state index is 13.7. The maximum absolute atomic E-state index is 13.7. The molecular weight excluding hydrogens is 528 g/mol. The number of carbonyl (C=O) groups excluding carboxylic acids is 2. The number of ketones is 1. The van der Waals surface area contributed by atoms with Gasteiger partial charge < -0.3 is 19.0 Å². The highest BCUT2D eigenvalue weighted by Gasteiger charge is 2.46. The molecule has 1 N–H and O–H groups in total. The molecule has 1 atom stereocenters. The van der Waals surface area contributed by atoms with Crippen molar-refractivity contribution in [1.29, 1.82) is 0 Å². The first-order chi connectivity index (χ1) is 19.2. The van der Waals surface area contributed by atoms with Gasteiger partial charge in [-0.15, -0.1) is 0 Å². The van der Waals surface area contributed by atoms with Crippen molar-refractivity contribution in [3.63, 3.8) is 0 Å². The van der Waals surface area contributed by atoms with Crippen LogP contribution in [0, 0.1) is 19.8 Å². The first-order valence-electron chi connectivity index (χ1n) is 13.3. The van der Waals surface area contributed by atoms with Gasteiger partial charge in [0.05, 0.1) is 35.0 Å². The number of ether oxygens (including phenoxy) is 2. The normalized spacial score (nSPS) is 15.5. The number of benzene rings is 2. The van der Waals surface area contributed by atoms with Gasteiger partial charge in [0, 0.05) is 0 Å². The summed E-state index contributed by atoms with van der Waals surface area (Å²) in [6, 6.07) is 13.4. The molecule has 0 saturated carbocycles. The van der Waals surface area contributed by atoms with E-state index in [1.807, 2.05) is 32.0 Å². The molecule has 0 aliphatic carbocycles. The number of hydrogen-bond donors (Lipinski definition) is 1. The summed E-state index contributed by atoms with van der Waals surface area (Å²) < 4.78 is 18.4. The van der Waals surface area contributed by atoms with Crippen molar-refractivity contribution in [2.24, 2.45) is 5.92 Å². The predicted molar refractivity (Wildman–Crippen MR) is 155 cm³/mol. The van der Waals surface area contributed by atoms with Crippen LogP contribution in [0.2, 0.25) is 0 Å². The first-order valence-corrected chi connectivity index (χ1v) is 14.1. The Bertz CT molecular complexity index is 1620. The zero-order valence-corrected chi connectivity index (χ0v) is 24.0. The fourth-order valence-corrected chi connectivity index (χ4v) is 5.74. The number of fused-ring (bicyclic) bond motifs is 1. The molecule has 1 amide bonds. The van der Waals surface area contributed by atoms with Crippen molar-refractivity contribution in [2.75, 3.05) is 18.1 Å². The lowest BCUT2D eigenvalue weighted by atomic mass is 9.95. The van der Waals surface area contributed by atoms with Gasteiger partial charge in [-0.05, 0) is 80.6 Å². The van der Waals surface area contributed by atoms with E-state index in [9.17, 15) is 14.7 Å². The highest BCUT2D eigenvalue weighted by Crippen LogP contribution is 2.46. The van der Waals surface area contributed by atoms with Gasteiger partial charge >= 0.3 is 0 Å². The zero-order valence-electron chi connectivity index (χ0n) is 23.2. The smallest absolute Gasteiger partial charge is 0.296 e. The number of carbonyl (C=O) groups is 2. The Labute approximate surface area is 236 Å². The number of thiazole rings is 1. The van der Waals surface area contributed by atoms with Gasteiger partial charge in [-0.1, -0.05) is 37.3 Å². The molecule has 0 bridgehead atoms. The van der Waals surface area contributed by atoms with E-state index in [0.717, 1.165) is 22.2 Å². The Morgan fingerprint density at radius 1 is 1.10 bits per heavy atom. The van der Waals surface area contributed by atoms with Crippen LogP contribution in [0.4, 0.5) is 5.13 Å². The Balaban J connectivity index is 1.63. The largest absolute Gasteiger partial charge is 0.503 e.